The molecule has 0 unspecified atom stereocenters. The van der Waals surface area contributed by atoms with Crippen molar-refractivity contribution in [2.75, 3.05) is 19.6 Å². The van der Waals surface area contributed by atoms with Gasteiger partial charge in [0.25, 0.3) is 0 Å². The van der Waals surface area contributed by atoms with Crippen molar-refractivity contribution < 1.29 is 0 Å². The Kier molecular flexibility index (Phi) is 2.78. The van der Waals surface area contributed by atoms with E-state index in [1.54, 1.807) is 25.0 Å². The van der Waals surface area contributed by atoms with E-state index in [1.807, 2.05) is 9.36 Å². The Morgan fingerprint density at radius 3 is 2.89 bits per heavy atom. The molecule has 92 valence electrons. The molecule has 2 aromatic rings. The molecule has 0 bridgehead atoms. The maximum absolute atomic E-state index is 8.74. The van der Waals surface area contributed by atoms with Gasteiger partial charge in [-0.05, 0) is 0 Å². The van der Waals surface area contributed by atoms with Crippen LogP contribution in [0.2, 0.25) is 0 Å². The van der Waals surface area contributed by atoms with Gasteiger partial charge in [0.2, 0.25) is 0 Å². The molecule has 0 aromatic carbocycles. The van der Waals surface area contributed by atoms with Gasteiger partial charge in [-0.1, -0.05) is 0 Å². The van der Waals surface area contributed by atoms with Crippen molar-refractivity contribution in [3.63, 3.8) is 0 Å². The summed E-state index contributed by atoms with van der Waals surface area (Å²) in [6, 6.07) is 2.48. The molecule has 0 N–H and O–H groups in total. The van der Waals surface area contributed by atoms with Gasteiger partial charge in [-0.2, -0.15) is 15.5 Å². The Hall–Kier alpha value is -2.20. The molecule has 0 atom stereocenters. The minimum Gasteiger partial charge on any atom is -0.297 e. The van der Waals surface area contributed by atoms with Crippen molar-refractivity contribution in [2.24, 2.45) is 0 Å². The highest BCUT2D eigenvalue weighted by molar-refractivity contribution is 5.22. The molecule has 1 fully saturated rings. The second kappa shape index (κ2) is 4.58. The van der Waals surface area contributed by atoms with E-state index in [-0.39, 0.29) is 0 Å². The van der Waals surface area contributed by atoms with E-state index in [0.717, 1.165) is 26.2 Å². The monoisotopic (exact) mass is 243 g/mol. The molecule has 0 spiro atoms. The molecule has 1 aliphatic heterocycles. The third-order valence-electron chi connectivity index (χ3n) is 3.15. The van der Waals surface area contributed by atoms with Gasteiger partial charge in [0.15, 0.2) is 0 Å². The third kappa shape index (κ3) is 2.10. The second-order valence-electron chi connectivity index (χ2n) is 4.39. The van der Waals surface area contributed by atoms with Crippen LogP contribution in [0, 0.1) is 11.3 Å². The smallest absolute Gasteiger partial charge is 0.137 e. The molecule has 2 aromatic heterocycles. The van der Waals surface area contributed by atoms with Crippen molar-refractivity contribution in [3.8, 4) is 6.07 Å². The highest BCUT2D eigenvalue weighted by Gasteiger charge is 2.28. The highest BCUT2D eigenvalue weighted by atomic mass is 15.4. The van der Waals surface area contributed by atoms with Gasteiger partial charge in [0.1, 0.15) is 18.7 Å². The Morgan fingerprint density at radius 2 is 2.22 bits per heavy atom. The van der Waals surface area contributed by atoms with Gasteiger partial charge in [-0.25, -0.2) is 4.98 Å². The second-order valence-corrected chi connectivity index (χ2v) is 4.39. The first-order valence-electron chi connectivity index (χ1n) is 5.84. The zero-order valence-electron chi connectivity index (χ0n) is 9.85. The maximum Gasteiger partial charge on any atom is 0.137 e. The first-order chi connectivity index (χ1) is 8.85. The van der Waals surface area contributed by atoms with Gasteiger partial charge in [-0.3, -0.25) is 14.3 Å². The molecular formula is C11H13N7. The van der Waals surface area contributed by atoms with Crippen molar-refractivity contribution >= 4 is 0 Å². The van der Waals surface area contributed by atoms with Gasteiger partial charge < -0.3 is 0 Å². The Labute approximate surface area is 104 Å². The molecule has 0 amide bonds. The van der Waals surface area contributed by atoms with E-state index >= 15 is 0 Å². The quantitative estimate of drug-likeness (QED) is 0.749. The van der Waals surface area contributed by atoms with E-state index in [1.165, 1.54) is 0 Å². The number of likely N-dealkylation sites (tertiary alicyclic amines) is 1. The SMILES string of the molecule is N#Cc1cnn(C2CN(CCn3cncn3)C2)c1. The summed E-state index contributed by atoms with van der Waals surface area (Å²) in [5, 5.41) is 17.0. The van der Waals surface area contributed by atoms with Crippen LogP contribution in [0.25, 0.3) is 0 Å². The standard InChI is InChI=1S/C11H13N7/c12-3-10-4-14-18(5-10)11-6-16(7-11)1-2-17-9-13-8-15-17/h4-5,8-9,11H,1-2,6-7H2. The summed E-state index contributed by atoms with van der Waals surface area (Å²) in [5.74, 6) is 0. The molecule has 1 saturated heterocycles. The van der Waals surface area contributed by atoms with Crippen molar-refractivity contribution in [1.29, 1.82) is 5.26 Å². The van der Waals surface area contributed by atoms with E-state index in [0.29, 0.717) is 11.6 Å². The fraction of sp³-hybridized carbons (Fsp3) is 0.455. The summed E-state index contributed by atoms with van der Waals surface area (Å²) in [4.78, 5) is 6.24. The normalized spacial score (nSPS) is 16.4. The molecule has 3 heterocycles. The van der Waals surface area contributed by atoms with Crippen molar-refractivity contribution in [3.05, 3.63) is 30.6 Å². The van der Waals surface area contributed by atoms with Crippen LogP contribution in [0.4, 0.5) is 0 Å². The largest absolute Gasteiger partial charge is 0.297 e. The Balaban J connectivity index is 1.47. The maximum atomic E-state index is 8.74. The first-order valence-corrected chi connectivity index (χ1v) is 5.84. The molecule has 3 rings (SSSR count). The molecular weight excluding hydrogens is 230 g/mol. The number of hydrogen-bond donors (Lipinski definition) is 0. The van der Waals surface area contributed by atoms with Crippen molar-refractivity contribution in [2.45, 2.75) is 12.6 Å². The fourth-order valence-electron chi connectivity index (χ4n) is 2.08. The molecule has 18 heavy (non-hydrogen) atoms. The molecule has 7 heteroatoms. The van der Waals surface area contributed by atoms with E-state index in [2.05, 4.69) is 26.2 Å². The zero-order valence-corrected chi connectivity index (χ0v) is 9.85. The Bertz CT molecular complexity index is 544. The van der Waals surface area contributed by atoms with Gasteiger partial charge in [-0.15, -0.1) is 0 Å². The van der Waals surface area contributed by atoms with Crippen LogP contribution in [0.3, 0.4) is 0 Å². The highest BCUT2D eigenvalue weighted by Crippen LogP contribution is 2.20. The summed E-state index contributed by atoms with van der Waals surface area (Å²) < 4.78 is 3.71. The summed E-state index contributed by atoms with van der Waals surface area (Å²) in [6.07, 6.45) is 6.69. The van der Waals surface area contributed by atoms with Crippen LogP contribution in [0.5, 0.6) is 0 Å². The van der Waals surface area contributed by atoms with Crippen LogP contribution in [-0.4, -0.2) is 49.1 Å². The van der Waals surface area contributed by atoms with Gasteiger partial charge in [0, 0.05) is 25.8 Å². The number of aromatic nitrogens is 5. The molecule has 1 aliphatic rings. The Morgan fingerprint density at radius 1 is 1.33 bits per heavy atom. The fourth-order valence-corrected chi connectivity index (χ4v) is 2.08. The van der Waals surface area contributed by atoms with Crippen LogP contribution in [0.15, 0.2) is 25.0 Å². The number of nitriles is 1. The van der Waals surface area contributed by atoms with Crippen LogP contribution in [-0.2, 0) is 6.54 Å². The summed E-state index contributed by atoms with van der Waals surface area (Å²) in [7, 11) is 0. The predicted octanol–water partition coefficient (Wildman–Crippen LogP) is -0.0968. The van der Waals surface area contributed by atoms with Crippen LogP contribution >= 0.6 is 0 Å². The van der Waals surface area contributed by atoms with Gasteiger partial charge >= 0.3 is 0 Å². The predicted molar refractivity (Wildman–Crippen MR) is 62.4 cm³/mol. The lowest BCUT2D eigenvalue weighted by Crippen LogP contribution is -2.48. The van der Waals surface area contributed by atoms with E-state index in [9.17, 15) is 0 Å². The van der Waals surface area contributed by atoms with Crippen LogP contribution in [0.1, 0.15) is 11.6 Å². The zero-order chi connectivity index (χ0) is 12.4. The first kappa shape index (κ1) is 10.9. The van der Waals surface area contributed by atoms with E-state index < -0.39 is 0 Å². The topological polar surface area (TPSA) is 75.6 Å². The molecule has 7 nitrogen and oxygen atoms in total. The van der Waals surface area contributed by atoms with Crippen LogP contribution < -0.4 is 0 Å². The minimum atomic E-state index is 0.392. The number of hydrogen-bond acceptors (Lipinski definition) is 5. The summed E-state index contributed by atoms with van der Waals surface area (Å²) in [6.45, 7) is 3.77. The third-order valence-corrected chi connectivity index (χ3v) is 3.15. The average Bonchev–Trinajstić information content (AvgIpc) is 2.97. The average molecular weight is 243 g/mol. The minimum absolute atomic E-state index is 0.392. The van der Waals surface area contributed by atoms with E-state index in [4.69, 9.17) is 5.26 Å². The lowest BCUT2D eigenvalue weighted by atomic mass is 10.1. The summed E-state index contributed by atoms with van der Waals surface area (Å²) >= 11 is 0. The number of rotatable bonds is 4. The lowest BCUT2D eigenvalue weighted by molar-refractivity contribution is 0.0933. The van der Waals surface area contributed by atoms with Gasteiger partial charge in [0.05, 0.1) is 24.3 Å². The van der Waals surface area contributed by atoms with Crippen molar-refractivity contribution in [1.82, 2.24) is 29.4 Å². The molecule has 0 radical (unpaired) electrons. The number of nitrogens with zero attached hydrogens (tertiary/aromatic N) is 7. The molecule has 0 aliphatic carbocycles. The lowest BCUT2D eigenvalue weighted by Gasteiger charge is -2.39. The molecule has 0 saturated carbocycles. The summed E-state index contributed by atoms with van der Waals surface area (Å²) in [5.41, 5.74) is 0.621.